The minimum Gasteiger partial charge on any atom is -0.497 e. The minimum absolute atomic E-state index is 0.0628. The number of halogens is 2. The monoisotopic (exact) mass is 464 g/mol. The van der Waals surface area contributed by atoms with E-state index in [4.69, 9.17) is 16.3 Å². The molecule has 0 bridgehead atoms. The molecule has 0 saturated heterocycles. The lowest BCUT2D eigenvalue weighted by Crippen LogP contribution is -2.28. The molecule has 1 aliphatic heterocycles. The summed E-state index contributed by atoms with van der Waals surface area (Å²) in [6.07, 6.45) is 1.29. The Bertz CT molecular complexity index is 1300. The topological polar surface area (TPSA) is 84.5 Å². The van der Waals surface area contributed by atoms with Crippen LogP contribution in [-0.2, 0) is 11.3 Å². The van der Waals surface area contributed by atoms with Crippen molar-refractivity contribution in [3.63, 3.8) is 0 Å². The number of anilines is 1. The Labute approximate surface area is 194 Å². The van der Waals surface area contributed by atoms with E-state index in [9.17, 15) is 18.8 Å². The van der Waals surface area contributed by atoms with Crippen molar-refractivity contribution in [2.75, 3.05) is 12.4 Å². The Kier molecular flexibility index (Phi) is 6.24. The smallest absolute Gasteiger partial charge is 0.259 e. The molecule has 1 aliphatic rings. The minimum atomic E-state index is -0.661. The normalized spacial score (nSPS) is 14.0. The van der Waals surface area contributed by atoms with Crippen LogP contribution in [0, 0.1) is 5.82 Å². The molecule has 1 heterocycles. The molecule has 0 aliphatic carbocycles. The summed E-state index contributed by atoms with van der Waals surface area (Å²) in [5.41, 5.74) is 1.77. The van der Waals surface area contributed by atoms with Gasteiger partial charge < -0.3 is 15.4 Å². The first-order valence-electron chi connectivity index (χ1n) is 9.93. The van der Waals surface area contributed by atoms with Crippen LogP contribution in [0.15, 0.2) is 66.2 Å². The highest BCUT2D eigenvalue weighted by molar-refractivity contribution is 6.36. The summed E-state index contributed by atoms with van der Waals surface area (Å²) in [6.45, 7) is 0.290. The lowest BCUT2D eigenvalue weighted by Gasteiger charge is -2.19. The van der Waals surface area contributed by atoms with E-state index in [2.05, 4.69) is 10.6 Å². The SMILES string of the molecule is COc1ccc(CNC(=O)c2ccc3c(c2)C(=O)/C(=C\c2ccc(Cl)c(F)c2)C(=O)N3)cc1. The van der Waals surface area contributed by atoms with Crippen LogP contribution in [0.5, 0.6) is 5.75 Å². The first-order chi connectivity index (χ1) is 15.9. The van der Waals surface area contributed by atoms with Gasteiger partial charge in [-0.15, -0.1) is 0 Å². The molecule has 0 spiro atoms. The second-order valence-electron chi connectivity index (χ2n) is 7.31. The Hall–Kier alpha value is -3.97. The van der Waals surface area contributed by atoms with E-state index in [0.29, 0.717) is 17.0 Å². The Balaban J connectivity index is 1.55. The fourth-order valence-electron chi connectivity index (χ4n) is 3.35. The summed E-state index contributed by atoms with van der Waals surface area (Å²) in [6, 6.07) is 15.7. The van der Waals surface area contributed by atoms with Gasteiger partial charge in [0.15, 0.2) is 0 Å². The van der Waals surface area contributed by atoms with Crippen molar-refractivity contribution in [3.8, 4) is 5.75 Å². The molecular weight excluding hydrogens is 447 g/mol. The summed E-state index contributed by atoms with van der Waals surface area (Å²) in [4.78, 5) is 38.1. The molecule has 6 nitrogen and oxygen atoms in total. The van der Waals surface area contributed by atoms with E-state index < -0.39 is 17.5 Å². The molecule has 3 aromatic rings. The van der Waals surface area contributed by atoms with Gasteiger partial charge in [-0.1, -0.05) is 29.8 Å². The molecule has 166 valence electrons. The third-order valence-electron chi connectivity index (χ3n) is 5.13. The highest BCUT2D eigenvalue weighted by Crippen LogP contribution is 2.28. The van der Waals surface area contributed by atoms with Crippen molar-refractivity contribution in [3.05, 3.63) is 99.3 Å². The summed E-state index contributed by atoms with van der Waals surface area (Å²) in [7, 11) is 1.57. The van der Waals surface area contributed by atoms with Crippen LogP contribution in [0.25, 0.3) is 6.08 Å². The number of benzene rings is 3. The molecule has 2 N–H and O–H groups in total. The Morgan fingerprint density at radius 1 is 1.09 bits per heavy atom. The van der Waals surface area contributed by atoms with Gasteiger partial charge in [0.1, 0.15) is 11.6 Å². The van der Waals surface area contributed by atoms with Gasteiger partial charge in [-0.25, -0.2) is 4.39 Å². The molecule has 0 unspecified atom stereocenters. The van der Waals surface area contributed by atoms with Crippen LogP contribution in [0.1, 0.15) is 31.8 Å². The Morgan fingerprint density at radius 3 is 2.55 bits per heavy atom. The van der Waals surface area contributed by atoms with Gasteiger partial charge in [0.05, 0.1) is 23.4 Å². The van der Waals surface area contributed by atoms with Crippen LogP contribution < -0.4 is 15.4 Å². The van der Waals surface area contributed by atoms with E-state index >= 15 is 0 Å². The van der Waals surface area contributed by atoms with Crippen LogP contribution in [0.2, 0.25) is 5.02 Å². The van der Waals surface area contributed by atoms with Gasteiger partial charge in [-0.3, -0.25) is 14.4 Å². The molecule has 0 atom stereocenters. The van der Waals surface area contributed by atoms with Gasteiger partial charge in [-0.2, -0.15) is 0 Å². The number of Topliss-reactive ketones (excluding diaryl/α,β-unsaturated/α-hetero) is 1. The van der Waals surface area contributed by atoms with Gasteiger partial charge >= 0.3 is 0 Å². The van der Waals surface area contributed by atoms with E-state index in [0.717, 1.165) is 11.6 Å². The molecule has 3 aromatic carbocycles. The van der Waals surface area contributed by atoms with Crippen molar-refractivity contribution in [1.29, 1.82) is 0 Å². The number of rotatable bonds is 5. The number of carbonyl (C=O) groups excluding carboxylic acids is 3. The lowest BCUT2D eigenvalue weighted by atomic mass is 9.93. The standard InChI is InChI=1S/C25H18ClFN2O4/c1-33-17-6-2-14(3-7-17)13-28-24(31)16-5-9-22-18(12-16)23(30)19(25(32)29-22)10-15-4-8-20(26)21(27)11-15/h2-12H,13H2,1H3,(H,28,31)(H,29,32)/b19-10+. The second kappa shape index (κ2) is 9.26. The van der Waals surface area contributed by atoms with Crippen molar-refractivity contribution < 1.29 is 23.5 Å². The van der Waals surface area contributed by atoms with Crippen molar-refractivity contribution >= 4 is 41.0 Å². The van der Waals surface area contributed by atoms with E-state index in [1.54, 1.807) is 19.2 Å². The fraction of sp³-hybridized carbons (Fsp3) is 0.0800. The molecule has 2 amide bonds. The van der Waals surface area contributed by atoms with Crippen LogP contribution in [0.3, 0.4) is 0 Å². The zero-order valence-electron chi connectivity index (χ0n) is 17.4. The van der Waals surface area contributed by atoms with Crippen molar-refractivity contribution in [2.24, 2.45) is 0 Å². The third-order valence-corrected chi connectivity index (χ3v) is 5.44. The fourth-order valence-corrected chi connectivity index (χ4v) is 3.47. The first kappa shape index (κ1) is 22.2. The number of ether oxygens (including phenoxy) is 1. The predicted molar refractivity (Wildman–Crippen MR) is 123 cm³/mol. The first-order valence-corrected chi connectivity index (χ1v) is 10.3. The molecule has 8 heteroatoms. The molecule has 0 saturated carbocycles. The Morgan fingerprint density at radius 2 is 1.85 bits per heavy atom. The van der Waals surface area contributed by atoms with Crippen molar-refractivity contribution in [1.82, 2.24) is 5.32 Å². The summed E-state index contributed by atoms with van der Waals surface area (Å²) < 4.78 is 18.9. The zero-order chi connectivity index (χ0) is 23.5. The number of fused-ring (bicyclic) bond motifs is 1. The predicted octanol–water partition coefficient (Wildman–Crippen LogP) is 4.64. The number of amides is 2. The summed E-state index contributed by atoms with van der Waals surface area (Å²) in [5, 5.41) is 5.37. The third kappa shape index (κ3) is 4.78. The summed E-state index contributed by atoms with van der Waals surface area (Å²) in [5.74, 6) is -1.49. The largest absolute Gasteiger partial charge is 0.497 e. The molecular formula is C25H18ClFN2O4. The van der Waals surface area contributed by atoms with E-state index in [-0.39, 0.29) is 34.2 Å². The van der Waals surface area contributed by atoms with Gasteiger partial charge in [0.2, 0.25) is 5.78 Å². The maximum atomic E-state index is 13.7. The number of carbonyl (C=O) groups is 3. The molecule has 0 aromatic heterocycles. The van der Waals surface area contributed by atoms with Crippen molar-refractivity contribution in [2.45, 2.75) is 6.54 Å². The van der Waals surface area contributed by atoms with E-state index in [1.807, 2.05) is 12.1 Å². The average Bonchev–Trinajstić information content (AvgIpc) is 2.82. The highest BCUT2D eigenvalue weighted by atomic mass is 35.5. The second-order valence-corrected chi connectivity index (χ2v) is 7.71. The number of methoxy groups -OCH3 is 1. The number of hydrogen-bond acceptors (Lipinski definition) is 4. The molecule has 0 fully saturated rings. The van der Waals surface area contributed by atoms with Gasteiger partial charge in [0.25, 0.3) is 11.8 Å². The summed E-state index contributed by atoms with van der Waals surface area (Å²) >= 11 is 5.69. The number of ketones is 1. The lowest BCUT2D eigenvalue weighted by molar-refractivity contribution is -0.112. The maximum absolute atomic E-state index is 13.7. The highest BCUT2D eigenvalue weighted by Gasteiger charge is 2.29. The number of nitrogens with one attached hydrogen (secondary N) is 2. The van der Waals surface area contributed by atoms with Gasteiger partial charge in [-0.05, 0) is 59.7 Å². The average molecular weight is 465 g/mol. The molecule has 4 rings (SSSR count). The number of hydrogen-bond donors (Lipinski definition) is 2. The van der Waals surface area contributed by atoms with E-state index in [1.165, 1.54) is 36.4 Å². The van der Waals surface area contributed by atoms with Crippen LogP contribution in [0.4, 0.5) is 10.1 Å². The molecule has 0 radical (unpaired) electrons. The molecule has 33 heavy (non-hydrogen) atoms. The van der Waals surface area contributed by atoms with Gasteiger partial charge in [0, 0.05) is 17.7 Å². The zero-order valence-corrected chi connectivity index (χ0v) is 18.2. The van der Waals surface area contributed by atoms with Crippen LogP contribution >= 0.6 is 11.6 Å². The van der Waals surface area contributed by atoms with Crippen LogP contribution in [-0.4, -0.2) is 24.7 Å². The quantitative estimate of drug-likeness (QED) is 0.425. The maximum Gasteiger partial charge on any atom is 0.259 e.